The van der Waals surface area contributed by atoms with Crippen molar-refractivity contribution in [2.24, 2.45) is 0 Å². The fourth-order valence-electron chi connectivity index (χ4n) is 3.95. The summed E-state index contributed by atoms with van der Waals surface area (Å²) in [6.07, 6.45) is 1.93. The SMILES string of the molecule is Cc1cccc(NC(=O)CSc2nnc3n(CC4CCCO4)c(=O)c4sccc4n23)c1C. The predicted molar refractivity (Wildman–Crippen MR) is 127 cm³/mol. The molecule has 8 nitrogen and oxygen atoms in total. The number of carbonyl (C=O) groups is 1. The molecule has 1 N–H and O–H groups in total. The summed E-state index contributed by atoms with van der Waals surface area (Å²) in [7, 11) is 0. The molecule has 1 aromatic carbocycles. The van der Waals surface area contributed by atoms with E-state index in [2.05, 4.69) is 15.5 Å². The van der Waals surface area contributed by atoms with E-state index in [1.54, 1.807) is 4.57 Å². The number of thioether (sulfide) groups is 1. The van der Waals surface area contributed by atoms with Crippen LogP contribution in [0.15, 0.2) is 39.6 Å². The molecule has 1 aliphatic rings. The number of ether oxygens (including phenoxy) is 1. The van der Waals surface area contributed by atoms with E-state index in [9.17, 15) is 9.59 Å². The van der Waals surface area contributed by atoms with Gasteiger partial charge >= 0.3 is 0 Å². The molecule has 0 bridgehead atoms. The first kappa shape index (κ1) is 21.2. The second-order valence-electron chi connectivity index (χ2n) is 7.89. The summed E-state index contributed by atoms with van der Waals surface area (Å²) in [5.74, 6) is 0.550. The maximum atomic E-state index is 13.1. The van der Waals surface area contributed by atoms with Crippen LogP contribution in [0.25, 0.3) is 16.0 Å². The highest BCUT2D eigenvalue weighted by Crippen LogP contribution is 2.26. The molecule has 1 saturated heterocycles. The third-order valence-electron chi connectivity index (χ3n) is 5.80. The summed E-state index contributed by atoms with van der Waals surface area (Å²) in [5, 5.41) is 14.1. The number of hydrogen-bond donors (Lipinski definition) is 1. The Bertz CT molecular complexity index is 1370. The number of carbonyl (C=O) groups excluding carboxylic acids is 1. The van der Waals surface area contributed by atoms with E-state index >= 15 is 0 Å². The number of benzene rings is 1. The lowest BCUT2D eigenvalue weighted by Gasteiger charge is -2.13. The van der Waals surface area contributed by atoms with Gasteiger partial charge in [-0.15, -0.1) is 21.5 Å². The van der Waals surface area contributed by atoms with Crippen LogP contribution in [0, 0.1) is 13.8 Å². The van der Waals surface area contributed by atoms with Gasteiger partial charge in [-0.1, -0.05) is 23.9 Å². The van der Waals surface area contributed by atoms with Crippen LogP contribution in [0.5, 0.6) is 0 Å². The molecule has 0 saturated carbocycles. The topological polar surface area (TPSA) is 90.5 Å². The van der Waals surface area contributed by atoms with Crippen LogP contribution in [0.2, 0.25) is 0 Å². The Balaban J connectivity index is 1.43. The zero-order chi connectivity index (χ0) is 22.2. The predicted octanol–water partition coefficient (Wildman–Crippen LogP) is 3.63. The molecule has 166 valence electrons. The van der Waals surface area contributed by atoms with Crippen molar-refractivity contribution in [3.8, 4) is 0 Å². The minimum atomic E-state index is -0.116. The molecule has 3 aromatic heterocycles. The van der Waals surface area contributed by atoms with Gasteiger partial charge in [0, 0.05) is 12.3 Å². The minimum absolute atomic E-state index is 0.00469. The van der Waals surface area contributed by atoms with Crippen LogP contribution < -0.4 is 10.9 Å². The summed E-state index contributed by atoms with van der Waals surface area (Å²) in [4.78, 5) is 25.7. The van der Waals surface area contributed by atoms with Gasteiger partial charge in [0.25, 0.3) is 5.56 Å². The van der Waals surface area contributed by atoms with Gasteiger partial charge in [0.2, 0.25) is 11.7 Å². The van der Waals surface area contributed by atoms with Gasteiger partial charge in [-0.3, -0.25) is 18.6 Å². The van der Waals surface area contributed by atoms with Crippen LogP contribution in [-0.2, 0) is 16.1 Å². The Labute approximate surface area is 192 Å². The summed E-state index contributed by atoms with van der Waals surface area (Å²) in [5.41, 5.74) is 3.68. The van der Waals surface area contributed by atoms with Gasteiger partial charge in [-0.2, -0.15) is 0 Å². The van der Waals surface area contributed by atoms with Crippen molar-refractivity contribution in [1.29, 1.82) is 0 Å². The largest absolute Gasteiger partial charge is 0.376 e. The molecule has 0 radical (unpaired) electrons. The average molecular weight is 470 g/mol. The Morgan fingerprint density at radius 3 is 3.00 bits per heavy atom. The summed E-state index contributed by atoms with van der Waals surface area (Å²) >= 11 is 2.71. The molecule has 1 atom stereocenters. The fourth-order valence-corrected chi connectivity index (χ4v) is 5.52. The first-order chi connectivity index (χ1) is 15.5. The number of rotatable bonds is 6. The van der Waals surface area contributed by atoms with Crippen LogP contribution in [0.3, 0.4) is 0 Å². The highest BCUT2D eigenvalue weighted by Gasteiger charge is 2.23. The molecule has 0 spiro atoms. The quantitative estimate of drug-likeness (QED) is 0.434. The molecule has 4 aromatic rings. The van der Waals surface area contributed by atoms with Crippen molar-refractivity contribution < 1.29 is 9.53 Å². The number of nitrogens with one attached hydrogen (secondary N) is 1. The third-order valence-corrected chi connectivity index (χ3v) is 7.62. The fraction of sp³-hybridized carbons (Fsp3) is 0.364. The number of aromatic nitrogens is 4. The lowest BCUT2D eigenvalue weighted by atomic mass is 10.1. The molecule has 10 heteroatoms. The highest BCUT2D eigenvalue weighted by molar-refractivity contribution is 7.99. The Hall–Kier alpha value is -2.69. The maximum Gasteiger partial charge on any atom is 0.272 e. The molecule has 1 fully saturated rings. The van der Waals surface area contributed by atoms with Gasteiger partial charge in [0.15, 0.2) is 5.16 Å². The standard InChI is InChI=1S/C22H23N5O3S2/c1-13-5-3-7-16(14(13)2)23-18(28)12-32-22-25-24-21-26(11-15-6-4-9-30-15)20(29)19-17(27(21)22)8-10-31-19/h3,5,7-8,10,15H,4,6,9,11-12H2,1-2H3,(H,23,28). The van der Waals surface area contributed by atoms with Gasteiger partial charge in [0.05, 0.1) is 23.9 Å². The van der Waals surface area contributed by atoms with Crippen molar-refractivity contribution in [2.75, 3.05) is 17.7 Å². The number of hydrogen-bond acceptors (Lipinski definition) is 7. The third kappa shape index (κ3) is 3.82. The summed E-state index contributed by atoms with van der Waals surface area (Å²) < 4.78 is 9.92. The van der Waals surface area contributed by atoms with Crippen molar-refractivity contribution in [1.82, 2.24) is 19.2 Å². The zero-order valence-corrected chi connectivity index (χ0v) is 19.5. The number of thiophene rings is 1. The van der Waals surface area contributed by atoms with Crippen LogP contribution in [0.4, 0.5) is 5.69 Å². The maximum absolute atomic E-state index is 13.1. The first-order valence-corrected chi connectivity index (χ1v) is 12.3. The van der Waals surface area contributed by atoms with Gasteiger partial charge in [0.1, 0.15) is 4.70 Å². The van der Waals surface area contributed by atoms with Crippen LogP contribution >= 0.6 is 23.1 Å². The number of amides is 1. The normalized spacial score (nSPS) is 16.2. The zero-order valence-electron chi connectivity index (χ0n) is 17.8. The number of anilines is 1. The molecular weight excluding hydrogens is 446 g/mol. The van der Waals surface area contributed by atoms with E-state index < -0.39 is 0 Å². The smallest absolute Gasteiger partial charge is 0.272 e. The van der Waals surface area contributed by atoms with E-state index in [4.69, 9.17) is 4.74 Å². The van der Waals surface area contributed by atoms with Crippen molar-refractivity contribution in [3.05, 3.63) is 51.1 Å². The van der Waals surface area contributed by atoms with E-state index in [1.165, 1.54) is 23.1 Å². The number of aryl methyl sites for hydroxylation is 1. The average Bonchev–Trinajstić information content (AvgIpc) is 3.53. The Morgan fingerprint density at radius 1 is 1.31 bits per heavy atom. The van der Waals surface area contributed by atoms with Crippen LogP contribution in [-0.4, -0.2) is 43.5 Å². The van der Waals surface area contributed by atoms with Crippen molar-refractivity contribution >= 4 is 50.7 Å². The lowest BCUT2D eigenvalue weighted by Crippen LogP contribution is -2.28. The molecule has 4 heterocycles. The van der Waals surface area contributed by atoms with E-state index in [-0.39, 0.29) is 23.3 Å². The molecule has 1 amide bonds. The Morgan fingerprint density at radius 2 is 2.19 bits per heavy atom. The van der Waals surface area contributed by atoms with Gasteiger partial charge in [-0.05, 0) is 55.3 Å². The molecule has 1 aliphatic heterocycles. The summed E-state index contributed by atoms with van der Waals surface area (Å²) in [6, 6.07) is 7.74. The molecule has 5 rings (SSSR count). The minimum Gasteiger partial charge on any atom is -0.376 e. The van der Waals surface area contributed by atoms with E-state index in [0.29, 0.717) is 22.2 Å². The summed E-state index contributed by atoms with van der Waals surface area (Å²) in [6.45, 7) is 5.18. The molecular formula is C22H23N5O3S2. The van der Waals surface area contributed by atoms with Gasteiger partial charge < -0.3 is 10.1 Å². The second kappa shape index (κ2) is 8.68. The number of fused-ring (bicyclic) bond motifs is 3. The molecule has 0 aliphatic carbocycles. The van der Waals surface area contributed by atoms with Crippen LogP contribution in [0.1, 0.15) is 24.0 Å². The van der Waals surface area contributed by atoms with Crippen molar-refractivity contribution in [2.45, 2.75) is 44.5 Å². The van der Waals surface area contributed by atoms with Crippen molar-refractivity contribution in [3.63, 3.8) is 0 Å². The first-order valence-electron chi connectivity index (χ1n) is 10.5. The second-order valence-corrected chi connectivity index (χ2v) is 9.75. The Kier molecular flexibility index (Phi) is 5.75. The molecule has 32 heavy (non-hydrogen) atoms. The monoisotopic (exact) mass is 469 g/mol. The molecule has 1 unspecified atom stereocenters. The lowest BCUT2D eigenvalue weighted by molar-refractivity contribution is -0.113. The van der Waals surface area contributed by atoms with E-state index in [1.807, 2.05) is 47.9 Å². The highest BCUT2D eigenvalue weighted by atomic mass is 32.2. The van der Waals surface area contributed by atoms with E-state index in [0.717, 1.165) is 41.8 Å². The van der Waals surface area contributed by atoms with Gasteiger partial charge in [-0.25, -0.2) is 0 Å². The number of nitrogens with zero attached hydrogens (tertiary/aromatic N) is 4.